The molecule has 1 aliphatic heterocycles. The van der Waals surface area contributed by atoms with E-state index >= 15 is 0 Å². The molecule has 3 rings (SSSR count). The van der Waals surface area contributed by atoms with E-state index < -0.39 is 0 Å². The number of ether oxygens (including phenoxy) is 1. The Morgan fingerprint density at radius 2 is 1.95 bits per heavy atom. The molecule has 0 bridgehead atoms. The SMILES string of the molecule is Cc1ccc(CCC(=O)NCC2COc3ccccc32)cc1. The summed E-state index contributed by atoms with van der Waals surface area (Å²) in [5, 5.41) is 3.03. The Hall–Kier alpha value is -2.29. The van der Waals surface area contributed by atoms with Crippen LogP contribution in [0.2, 0.25) is 0 Å². The summed E-state index contributed by atoms with van der Waals surface area (Å²) in [7, 11) is 0. The fourth-order valence-corrected chi connectivity index (χ4v) is 2.74. The van der Waals surface area contributed by atoms with Crippen molar-refractivity contribution < 1.29 is 9.53 Å². The van der Waals surface area contributed by atoms with Gasteiger partial charge in [-0.3, -0.25) is 4.79 Å². The molecule has 1 unspecified atom stereocenters. The summed E-state index contributed by atoms with van der Waals surface area (Å²) in [5.41, 5.74) is 3.64. The number of carbonyl (C=O) groups is 1. The maximum atomic E-state index is 12.0. The van der Waals surface area contributed by atoms with Gasteiger partial charge in [-0.15, -0.1) is 0 Å². The summed E-state index contributed by atoms with van der Waals surface area (Å²) >= 11 is 0. The van der Waals surface area contributed by atoms with E-state index in [1.165, 1.54) is 16.7 Å². The van der Waals surface area contributed by atoms with Crippen molar-refractivity contribution in [2.75, 3.05) is 13.2 Å². The Morgan fingerprint density at radius 3 is 2.77 bits per heavy atom. The van der Waals surface area contributed by atoms with E-state index in [9.17, 15) is 4.79 Å². The molecule has 1 amide bonds. The molecule has 0 aliphatic carbocycles. The van der Waals surface area contributed by atoms with Gasteiger partial charge in [0.2, 0.25) is 5.91 Å². The number of benzene rings is 2. The molecule has 1 N–H and O–H groups in total. The van der Waals surface area contributed by atoms with Gasteiger partial charge >= 0.3 is 0 Å². The zero-order valence-corrected chi connectivity index (χ0v) is 12.8. The molecule has 0 radical (unpaired) electrons. The number of rotatable bonds is 5. The lowest BCUT2D eigenvalue weighted by atomic mass is 10.0. The van der Waals surface area contributed by atoms with Gasteiger partial charge in [-0.1, -0.05) is 48.0 Å². The molecule has 1 aliphatic rings. The third kappa shape index (κ3) is 3.48. The summed E-state index contributed by atoms with van der Waals surface area (Å²) in [6, 6.07) is 16.4. The van der Waals surface area contributed by atoms with Crippen LogP contribution in [0.3, 0.4) is 0 Å². The fraction of sp³-hybridized carbons (Fsp3) is 0.316. The maximum Gasteiger partial charge on any atom is 0.220 e. The third-order valence-corrected chi connectivity index (χ3v) is 4.11. The second-order valence-corrected chi connectivity index (χ2v) is 5.84. The van der Waals surface area contributed by atoms with Crippen LogP contribution in [0.25, 0.3) is 0 Å². The smallest absolute Gasteiger partial charge is 0.220 e. The van der Waals surface area contributed by atoms with Crippen LogP contribution in [0.5, 0.6) is 5.75 Å². The highest BCUT2D eigenvalue weighted by Crippen LogP contribution is 2.32. The zero-order valence-electron chi connectivity index (χ0n) is 12.8. The normalized spacial score (nSPS) is 16.0. The van der Waals surface area contributed by atoms with Crippen LogP contribution in [0.15, 0.2) is 48.5 Å². The molecule has 3 heteroatoms. The van der Waals surface area contributed by atoms with E-state index in [0.29, 0.717) is 19.6 Å². The van der Waals surface area contributed by atoms with E-state index in [1.807, 2.05) is 18.2 Å². The topological polar surface area (TPSA) is 38.3 Å². The van der Waals surface area contributed by atoms with E-state index in [0.717, 1.165) is 12.2 Å². The number of hydrogen-bond donors (Lipinski definition) is 1. The van der Waals surface area contributed by atoms with E-state index in [-0.39, 0.29) is 11.8 Å². The van der Waals surface area contributed by atoms with Crippen LogP contribution in [-0.4, -0.2) is 19.1 Å². The van der Waals surface area contributed by atoms with E-state index in [1.54, 1.807) is 0 Å². The molecular formula is C19H21NO2. The lowest BCUT2D eigenvalue weighted by Crippen LogP contribution is -2.29. The number of para-hydroxylation sites is 1. The minimum Gasteiger partial charge on any atom is -0.493 e. The molecule has 1 heterocycles. The molecular weight excluding hydrogens is 274 g/mol. The number of aryl methyl sites for hydroxylation is 2. The quantitative estimate of drug-likeness (QED) is 0.920. The minimum atomic E-state index is 0.102. The first kappa shape index (κ1) is 14.6. The predicted molar refractivity (Wildman–Crippen MR) is 87.2 cm³/mol. The van der Waals surface area contributed by atoms with Crippen molar-refractivity contribution in [3.63, 3.8) is 0 Å². The highest BCUT2D eigenvalue weighted by Gasteiger charge is 2.23. The molecule has 1 atom stereocenters. The molecule has 0 aromatic heterocycles. The summed E-state index contributed by atoms with van der Waals surface area (Å²) < 4.78 is 5.63. The van der Waals surface area contributed by atoms with Crippen LogP contribution < -0.4 is 10.1 Å². The second kappa shape index (κ2) is 6.65. The van der Waals surface area contributed by atoms with Gasteiger partial charge < -0.3 is 10.1 Å². The molecule has 0 saturated heterocycles. The average Bonchev–Trinajstić information content (AvgIpc) is 2.96. The summed E-state index contributed by atoms with van der Waals surface area (Å²) in [6.45, 7) is 3.36. The molecule has 2 aromatic carbocycles. The van der Waals surface area contributed by atoms with Crippen molar-refractivity contribution >= 4 is 5.91 Å². The molecule has 22 heavy (non-hydrogen) atoms. The van der Waals surface area contributed by atoms with Crippen molar-refractivity contribution in [1.29, 1.82) is 0 Å². The van der Waals surface area contributed by atoms with Crippen molar-refractivity contribution in [2.45, 2.75) is 25.7 Å². The van der Waals surface area contributed by atoms with Crippen molar-refractivity contribution in [3.8, 4) is 5.75 Å². The first-order chi connectivity index (χ1) is 10.7. The largest absolute Gasteiger partial charge is 0.493 e. The van der Waals surface area contributed by atoms with Gasteiger partial charge in [0, 0.05) is 24.4 Å². The average molecular weight is 295 g/mol. The first-order valence-electron chi connectivity index (χ1n) is 7.76. The lowest BCUT2D eigenvalue weighted by Gasteiger charge is -2.10. The zero-order chi connectivity index (χ0) is 15.4. The van der Waals surface area contributed by atoms with Crippen molar-refractivity contribution in [1.82, 2.24) is 5.32 Å². The summed E-state index contributed by atoms with van der Waals surface area (Å²) in [5.74, 6) is 1.31. The molecule has 0 spiro atoms. The Balaban J connectivity index is 1.46. The Kier molecular flexibility index (Phi) is 4.42. The minimum absolute atomic E-state index is 0.102. The highest BCUT2D eigenvalue weighted by atomic mass is 16.5. The summed E-state index contributed by atoms with van der Waals surface area (Å²) in [4.78, 5) is 12.0. The number of amides is 1. The lowest BCUT2D eigenvalue weighted by molar-refractivity contribution is -0.121. The van der Waals surface area contributed by atoms with Gasteiger partial charge in [-0.2, -0.15) is 0 Å². The van der Waals surface area contributed by atoms with E-state index in [2.05, 4.69) is 42.6 Å². The van der Waals surface area contributed by atoms with Crippen LogP contribution in [0.1, 0.15) is 29.0 Å². The standard InChI is InChI=1S/C19H21NO2/c1-14-6-8-15(9-7-14)10-11-19(21)20-12-16-13-22-18-5-3-2-4-17(16)18/h2-9,16H,10-13H2,1H3,(H,20,21). The van der Waals surface area contributed by atoms with E-state index in [4.69, 9.17) is 4.74 Å². The van der Waals surface area contributed by atoms with Crippen LogP contribution in [0, 0.1) is 6.92 Å². The maximum absolute atomic E-state index is 12.0. The second-order valence-electron chi connectivity index (χ2n) is 5.84. The monoisotopic (exact) mass is 295 g/mol. The first-order valence-corrected chi connectivity index (χ1v) is 7.76. The number of hydrogen-bond acceptors (Lipinski definition) is 2. The number of carbonyl (C=O) groups excluding carboxylic acids is 1. The van der Waals surface area contributed by atoms with Gasteiger partial charge in [-0.25, -0.2) is 0 Å². The fourth-order valence-electron chi connectivity index (χ4n) is 2.74. The van der Waals surface area contributed by atoms with Gasteiger partial charge in [0.15, 0.2) is 0 Å². The van der Waals surface area contributed by atoms with Gasteiger partial charge in [0.1, 0.15) is 5.75 Å². The Morgan fingerprint density at radius 1 is 1.18 bits per heavy atom. The molecule has 3 nitrogen and oxygen atoms in total. The van der Waals surface area contributed by atoms with Gasteiger partial charge in [-0.05, 0) is 25.0 Å². The number of fused-ring (bicyclic) bond motifs is 1. The molecule has 2 aromatic rings. The number of nitrogens with one attached hydrogen (secondary N) is 1. The van der Waals surface area contributed by atoms with Crippen LogP contribution >= 0.6 is 0 Å². The highest BCUT2D eigenvalue weighted by molar-refractivity contribution is 5.76. The Bertz CT molecular complexity index is 649. The molecule has 0 fully saturated rings. The molecule has 0 saturated carbocycles. The van der Waals surface area contributed by atoms with Crippen molar-refractivity contribution in [2.24, 2.45) is 0 Å². The van der Waals surface area contributed by atoms with Gasteiger partial charge in [0.05, 0.1) is 6.61 Å². The molecule has 114 valence electrons. The Labute approximate surface area is 131 Å². The van der Waals surface area contributed by atoms with Crippen LogP contribution in [0.4, 0.5) is 0 Å². The van der Waals surface area contributed by atoms with Gasteiger partial charge in [0.25, 0.3) is 0 Å². The third-order valence-electron chi connectivity index (χ3n) is 4.11. The van der Waals surface area contributed by atoms with Crippen molar-refractivity contribution in [3.05, 3.63) is 65.2 Å². The van der Waals surface area contributed by atoms with Crippen LogP contribution in [-0.2, 0) is 11.2 Å². The summed E-state index contributed by atoms with van der Waals surface area (Å²) in [6.07, 6.45) is 1.31. The predicted octanol–water partition coefficient (Wildman–Crippen LogP) is 3.22.